The van der Waals surface area contributed by atoms with Gasteiger partial charge in [-0.25, -0.2) is 0 Å². The zero-order valence-corrected chi connectivity index (χ0v) is 13.6. The zero-order valence-electron chi connectivity index (χ0n) is 12.8. The van der Waals surface area contributed by atoms with Crippen molar-refractivity contribution in [3.05, 3.63) is 35.4 Å². The number of hydrogen-bond donors (Lipinski definition) is 1. The second kappa shape index (κ2) is 6.31. The third-order valence-corrected chi connectivity index (χ3v) is 6.32. The van der Waals surface area contributed by atoms with Gasteiger partial charge in [-0.3, -0.25) is 0 Å². The maximum absolute atomic E-state index is 3.99. The standard InChI is InChI=1S/C18H26N2S/c1-2-4-17-14(3-1)9-12-21-13-18(17)19-15-7-10-20(11-8-15)16-5-6-16/h1-4,15-16,18-19H,5-13H2. The Bertz CT molecular complexity index is 478. The first kappa shape index (κ1) is 14.1. The van der Waals surface area contributed by atoms with Gasteiger partial charge in [0.25, 0.3) is 0 Å². The first-order valence-corrected chi connectivity index (χ1v) is 9.71. The molecule has 0 amide bonds. The minimum atomic E-state index is 0.561. The van der Waals surface area contributed by atoms with Gasteiger partial charge in [-0.1, -0.05) is 24.3 Å². The van der Waals surface area contributed by atoms with E-state index in [4.69, 9.17) is 0 Å². The fourth-order valence-corrected chi connectivity index (χ4v) is 4.91. The molecule has 2 heterocycles. The Kier molecular flexibility index (Phi) is 4.24. The molecule has 1 aliphatic carbocycles. The summed E-state index contributed by atoms with van der Waals surface area (Å²) in [5.74, 6) is 2.51. The highest BCUT2D eigenvalue weighted by Gasteiger charge is 2.32. The molecule has 1 N–H and O–H groups in total. The van der Waals surface area contributed by atoms with E-state index in [-0.39, 0.29) is 0 Å². The van der Waals surface area contributed by atoms with Gasteiger partial charge >= 0.3 is 0 Å². The summed E-state index contributed by atoms with van der Waals surface area (Å²) in [6.07, 6.45) is 6.80. The lowest BCUT2D eigenvalue weighted by Gasteiger charge is -2.34. The summed E-state index contributed by atoms with van der Waals surface area (Å²) >= 11 is 2.11. The minimum absolute atomic E-state index is 0.561. The smallest absolute Gasteiger partial charge is 0.0416 e. The van der Waals surface area contributed by atoms with E-state index < -0.39 is 0 Å². The molecule has 1 aromatic rings. The predicted molar refractivity (Wildman–Crippen MR) is 91.0 cm³/mol. The monoisotopic (exact) mass is 302 g/mol. The van der Waals surface area contributed by atoms with Crippen LogP contribution in [0, 0.1) is 0 Å². The Balaban J connectivity index is 1.40. The average Bonchev–Trinajstić information content (AvgIpc) is 3.36. The van der Waals surface area contributed by atoms with Crippen molar-refractivity contribution in [2.24, 2.45) is 0 Å². The van der Waals surface area contributed by atoms with Gasteiger partial charge in [0.2, 0.25) is 0 Å². The fraction of sp³-hybridized carbons (Fsp3) is 0.667. The first-order valence-electron chi connectivity index (χ1n) is 8.56. The summed E-state index contributed by atoms with van der Waals surface area (Å²) in [5.41, 5.74) is 3.13. The maximum Gasteiger partial charge on any atom is 0.0416 e. The van der Waals surface area contributed by atoms with E-state index in [0.717, 1.165) is 12.1 Å². The van der Waals surface area contributed by atoms with Crippen molar-refractivity contribution in [2.75, 3.05) is 24.6 Å². The lowest BCUT2D eigenvalue weighted by molar-refractivity contribution is 0.184. The lowest BCUT2D eigenvalue weighted by Crippen LogP contribution is -2.44. The molecule has 2 fully saturated rings. The quantitative estimate of drug-likeness (QED) is 0.923. The summed E-state index contributed by atoms with van der Waals surface area (Å²) in [4.78, 5) is 2.72. The summed E-state index contributed by atoms with van der Waals surface area (Å²) in [6.45, 7) is 2.62. The molecule has 2 aliphatic heterocycles. The van der Waals surface area contributed by atoms with Crippen LogP contribution >= 0.6 is 11.8 Å². The normalized spacial score (nSPS) is 28.1. The van der Waals surface area contributed by atoms with Crippen molar-refractivity contribution in [3.8, 4) is 0 Å². The number of hydrogen-bond acceptors (Lipinski definition) is 3. The van der Waals surface area contributed by atoms with E-state index >= 15 is 0 Å². The van der Waals surface area contributed by atoms with Crippen LogP contribution in [-0.2, 0) is 6.42 Å². The molecule has 1 atom stereocenters. The van der Waals surface area contributed by atoms with Crippen LogP contribution in [0.2, 0.25) is 0 Å². The van der Waals surface area contributed by atoms with Crippen molar-refractivity contribution in [3.63, 3.8) is 0 Å². The molecule has 3 aliphatic rings. The van der Waals surface area contributed by atoms with E-state index in [2.05, 4.69) is 46.2 Å². The highest BCUT2D eigenvalue weighted by Crippen LogP contribution is 2.31. The van der Waals surface area contributed by atoms with Crippen LogP contribution in [0.5, 0.6) is 0 Å². The molecule has 2 nitrogen and oxygen atoms in total. The summed E-state index contributed by atoms with van der Waals surface area (Å²) in [5, 5.41) is 3.99. The number of nitrogens with zero attached hydrogens (tertiary/aromatic N) is 1. The highest BCUT2D eigenvalue weighted by molar-refractivity contribution is 7.99. The molecule has 1 saturated heterocycles. The van der Waals surface area contributed by atoms with E-state index in [9.17, 15) is 0 Å². The van der Waals surface area contributed by atoms with Gasteiger partial charge in [-0.05, 0) is 62.1 Å². The number of piperidine rings is 1. The van der Waals surface area contributed by atoms with E-state index in [1.807, 2.05) is 0 Å². The van der Waals surface area contributed by atoms with Gasteiger partial charge < -0.3 is 10.2 Å². The molecule has 3 heteroatoms. The van der Waals surface area contributed by atoms with Crippen LogP contribution in [0.3, 0.4) is 0 Å². The SMILES string of the molecule is c1ccc2c(c1)CCSCC2NC1CCN(C2CC2)CC1. The molecule has 1 unspecified atom stereocenters. The van der Waals surface area contributed by atoms with E-state index in [1.165, 1.54) is 56.7 Å². The third kappa shape index (κ3) is 3.30. The van der Waals surface area contributed by atoms with Crippen LogP contribution in [0.1, 0.15) is 42.9 Å². The molecular weight excluding hydrogens is 276 g/mol. The molecule has 21 heavy (non-hydrogen) atoms. The van der Waals surface area contributed by atoms with Gasteiger partial charge in [-0.2, -0.15) is 11.8 Å². The van der Waals surface area contributed by atoms with Crippen molar-refractivity contribution >= 4 is 11.8 Å². The average molecular weight is 302 g/mol. The van der Waals surface area contributed by atoms with Crippen molar-refractivity contribution < 1.29 is 0 Å². The Morgan fingerprint density at radius 3 is 2.67 bits per heavy atom. The third-order valence-electron chi connectivity index (χ3n) is 5.26. The summed E-state index contributed by atoms with van der Waals surface area (Å²) in [7, 11) is 0. The Hall–Kier alpha value is -0.510. The number of nitrogens with one attached hydrogen (secondary N) is 1. The molecule has 0 aromatic heterocycles. The molecule has 0 radical (unpaired) electrons. The predicted octanol–water partition coefficient (Wildman–Crippen LogP) is 3.23. The topological polar surface area (TPSA) is 15.3 Å². The Morgan fingerprint density at radius 2 is 1.86 bits per heavy atom. The van der Waals surface area contributed by atoms with Gasteiger partial charge in [-0.15, -0.1) is 0 Å². The molecule has 1 aromatic carbocycles. The molecule has 114 valence electrons. The minimum Gasteiger partial charge on any atom is -0.306 e. The maximum atomic E-state index is 3.99. The number of aryl methyl sites for hydroxylation is 1. The van der Waals surface area contributed by atoms with Gasteiger partial charge in [0, 0.05) is 23.9 Å². The van der Waals surface area contributed by atoms with Crippen LogP contribution < -0.4 is 5.32 Å². The van der Waals surface area contributed by atoms with Crippen LogP contribution in [0.25, 0.3) is 0 Å². The van der Waals surface area contributed by atoms with Crippen molar-refractivity contribution in [1.29, 1.82) is 0 Å². The zero-order chi connectivity index (χ0) is 14.1. The Morgan fingerprint density at radius 1 is 1.05 bits per heavy atom. The van der Waals surface area contributed by atoms with Crippen molar-refractivity contribution in [2.45, 2.75) is 50.2 Å². The number of rotatable bonds is 3. The molecule has 0 bridgehead atoms. The molecular formula is C18H26N2S. The molecule has 1 saturated carbocycles. The second-order valence-corrected chi connectivity index (χ2v) is 7.93. The van der Waals surface area contributed by atoms with Gasteiger partial charge in [0.1, 0.15) is 0 Å². The summed E-state index contributed by atoms with van der Waals surface area (Å²) < 4.78 is 0. The van der Waals surface area contributed by atoms with Crippen LogP contribution in [0.15, 0.2) is 24.3 Å². The van der Waals surface area contributed by atoms with Crippen LogP contribution in [0.4, 0.5) is 0 Å². The number of benzene rings is 1. The van der Waals surface area contributed by atoms with Crippen molar-refractivity contribution in [1.82, 2.24) is 10.2 Å². The second-order valence-electron chi connectivity index (χ2n) is 6.78. The van der Waals surface area contributed by atoms with Gasteiger partial charge in [0.05, 0.1) is 0 Å². The van der Waals surface area contributed by atoms with Gasteiger partial charge in [0.15, 0.2) is 0 Å². The Labute approximate surface area is 132 Å². The summed E-state index contributed by atoms with van der Waals surface area (Å²) in [6, 6.07) is 11.3. The number of thioether (sulfide) groups is 1. The van der Waals surface area contributed by atoms with E-state index in [0.29, 0.717) is 6.04 Å². The lowest BCUT2D eigenvalue weighted by atomic mass is 9.97. The first-order chi connectivity index (χ1) is 10.4. The van der Waals surface area contributed by atoms with Crippen LogP contribution in [-0.4, -0.2) is 41.6 Å². The fourth-order valence-electron chi connectivity index (χ4n) is 3.87. The highest BCUT2D eigenvalue weighted by atomic mass is 32.2. The molecule has 0 spiro atoms. The number of fused-ring (bicyclic) bond motifs is 1. The molecule has 4 rings (SSSR count). The number of likely N-dealkylation sites (tertiary alicyclic amines) is 1. The van der Waals surface area contributed by atoms with E-state index in [1.54, 1.807) is 11.1 Å². The largest absolute Gasteiger partial charge is 0.306 e.